The molecule has 0 aromatic heterocycles. The highest BCUT2D eigenvalue weighted by Gasteiger charge is 2.28. The lowest BCUT2D eigenvalue weighted by Crippen LogP contribution is -2.33. The SMILES string of the molecule is CCCCN(CC)S(=O)(=O)c1ccc(N)cc1C(=O)OC. The minimum absolute atomic E-state index is 0.0348. The Labute approximate surface area is 125 Å². The minimum Gasteiger partial charge on any atom is -0.465 e. The number of carbonyl (C=O) groups excluding carboxylic acids is 1. The predicted octanol–water partition coefficient (Wildman–Crippen LogP) is 1.87. The Bertz CT molecular complexity index is 599. The molecule has 0 saturated heterocycles. The van der Waals surface area contributed by atoms with E-state index in [4.69, 9.17) is 5.73 Å². The van der Waals surface area contributed by atoms with Crippen LogP contribution in [0.3, 0.4) is 0 Å². The maximum absolute atomic E-state index is 12.7. The van der Waals surface area contributed by atoms with Gasteiger partial charge in [0.05, 0.1) is 17.6 Å². The van der Waals surface area contributed by atoms with Crippen molar-refractivity contribution >= 4 is 21.7 Å². The number of nitrogens with two attached hydrogens (primary N) is 1. The first-order chi connectivity index (χ1) is 9.88. The van der Waals surface area contributed by atoms with E-state index < -0.39 is 16.0 Å². The number of methoxy groups -OCH3 is 1. The molecule has 1 rings (SSSR count). The molecule has 0 amide bonds. The molecule has 7 heteroatoms. The first-order valence-corrected chi connectivity index (χ1v) is 8.30. The Morgan fingerprint density at radius 2 is 2.00 bits per heavy atom. The number of nitrogens with zero attached hydrogens (tertiary/aromatic N) is 1. The molecular weight excluding hydrogens is 292 g/mol. The van der Waals surface area contributed by atoms with E-state index in [0.29, 0.717) is 18.8 Å². The van der Waals surface area contributed by atoms with Crippen LogP contribution >= 0.6 is 0 Å². The summed E-state index contributed by atoms with van der Waals surface area (Å²) in [6.45, 7) is 4.51. The highest BCUT2D eigenvalue weighted by molar-refractivity contribution is 7.89. The summed E-state index contributed by atoms with van der Waals surface area (Å²) in [5.74, 6) is -0.715. The van der Waals surface area contributed by atoms with Crippen molar-refractivity contribution in [2.24, 2.45) is 0 Å². The third-order valence-electron chi connectivity index (χ3n) is 3.14. The Hall–Kier alpha value is -1.60. The van der Waals surface area contributed by atoms with Gasteiger partial charge in [-0.05, 0) is 24.6 Å². The molecule has 0 saturated carbocycles. The van der Waals surface area contributed by atoms with Crippen LogP contribution in [0.4, 0.5) is 5.69 Å². The molecule has 1 aromatic carbocycles. The van der Waals surface area contributed by atoms with E-state index in [1.165, 1.54) is 29.6 Å². The van der Waals surface area contributed by atoms with Crippen LogP contribution in [0.2, 0.25) is 0 Å². The highest BCUT2D eigenvalue weighted by atomic mass is 32.2. The third-order valence-corrected chi connectivity index (χ3v) is 5.17. The van der Waals surface area contributed by atoms with Gasteiger partial charge in [0, 0.05) is 18.8 Å². The monoisotopic (exact) mass is 314 g/mol. The van der Waals surface area contributed by atoms with Gasteiger partial charge in [-0.25, -0.2) is 13.2 Å². The predicted molar refractivity (Wildman–Crippen MR) is 81.5 cm³/mol. The maximum Gasteiger partial charge on any atom is 0.339 e. The first-order valence-electron chi connectivity index (χ1n) is 6.86. The second kappa shape index (κ2) is 7.42. The molecule has 0 aliphatic heterocycles. The molecule has 6 nitrogen and oxygen atoms in total. The van der Waals surface area contributed by atoms with Crippen molar-refractivity contribution in [1.29, 1.82) is 0 Å². The van der Waals surface area contributed by atoms with E-state index in [1.54, 1.807) is 6.92 Å². The Balaban J connectivity index is 3.33. The van der Waals surface area contributed by atoms with Gasteiger partial charge in [-0.1, -0.05) is 20.3 Å². The molecule has 0 radical (unpaired) electrons. The normalized spacial score (nSPS) is 11.6. The Morgan fingerprint density at radius 1 is 1.33 bits per heavy atom. The number of hydrogen-bond acceptors (Lipinski definition) is 5. The van der Waals surface area contributed by atoms with Crippen LogP contribution in [0, 0.1) is 0 Å². The summed E-state index contributed by atoms with van der Waals surface area (Å²) >= 11 is 0. The Kier molecular flexibility index (Phi) is 6.17. The number of carbonyl (C=O) groups is 1. The molecule has 0 spiro atoms. The van der Waals surface area contributed by atoms with Gasteiger partial charge in [0.25, 0.3) is 0 Å². The number of unbranched alkanes of at least 4 members (excludes halogenated alkanes) is 1. The molecule has 1 aromatic rings. The smallest absolute Gasteiger partial charge is 0.339 e. The molecule has 0 atom stereocenters. The average molecular weight is 314 g/mol. The van der Waals surface area contributed by atoms with Crippen LogP contribution in [0.5, 0.6) is 0 Å². The van der Waals surface area contributed by atoms with Gasteiger partial charge in [-0.2, -0.15) is 4.31 Å². The average Bonchev–Trinajstić information content (AvgIpc) is 2.46. The summed E-state index contributed by atoms with van der Waals surface area (Å²) in [5, 5.41) is 0. The number of nitrogen functional groups attached to an aromatic ring is 1. The maximum atomic E-state index is 12.7. The summed E-state index contributed by atoms with van der Waals surface area (Å²) in [5.41, 5.74) is 5.91. The molecule has 0 unspecified atom stereocenters. The van der Waals surface area contributed by atoms with Gasteiger partial charge in [0.2, 0.25) is 10.0 Å². The van der Waals surface area contributed by atoms with Crippen LogP contribution in [-0.4, -0.2) is 38.9 Å². The van der Waals surface area contributed by atoms with Crippen LogP contribution < -0.4 is 5.73 Å². The fraction of sp³-hybridized carbons (Fsp3) is 0.500. The molecule has 0 fully saturated rings. The van der Waals surface area contributed by atoms with E-state index >= 15 is 0 Å². The lowest BCUT2D eigenvalue weighted by Gasteiger charge is -2.21. The molecule has 0 aliphatic carbocycles. The zero-order chi connectivity index (χ0) is 16.0. The Morgan fingerprint density at radius 3 is 2.52 bits per heavy atom. The largest absolute Gasteiger partial charge is 0.465 e. The molecule has 2 N–H and O–H groups in total. The fourth-order valence-electron chi connectivity index (χ4n) is 1.96. The van der Waals surface area contributed by atoms with Gasteiger partial charge in [-0.15, -0.1) is 0 Å². The molecule has 0 bridgehead atoms. The van der Waals surface area contributed by atoms with Gasteiger partial charge < -0.3 is 10.5 Å². The van der Waals surface area contributed by atoms with E-state index in [0.717, 1.165) is 12.8 Å². The standard InChI is InChI=1S/C14H22N2O4S/c1-4-6-9-16(5-2)21(18,19)13-8-7-11(15)10-12(13)14(17)20-3/h7-8,10H,4-6,9,15H2,1-3H3. The van der Waals surface area contributed by atoms with E-state index in [1.807, 2.05) is 6.92 Å². The number of rotatable bonds is 7. The van der Waals surface area contributed by atoms with Gasteiger partial charge in [0.1, 0.15) is 0 Å². The number of sulfonamides is 1. The van der Waals surface area contributed by atoms with Crippen LogP contribution in [0.15, 0.2) is 23.1 Å². The summed E-state index contributed by atoms with van der Waals surface area (Å²) in [7, 11) is -2.54. The van der Waals surface area contributed by atoms with Crippen LogP contribution in [0.25, 0.3) is 0 Å². The van der Waals surface area contributed by atoms with Crippen molar-refractivity contribution in [2.75, 3.05) is 25.9 Å². The first kappa shape index (κ1) is 17.5. The zero-order valence-electron chi connectivity index (χ0n) is 12.6. The van der Waals surface area contributed by atoms with E-state index in [9.17, 15) is 13.2 Å². The van der Waals surface area contributed by atoms with Crippen LogP contribution in [-0.2, 0) is 14.8 Å². The summed E-state index contributed by atoms with van der Waals surface area (Å²) in [6, 6.07) is 4.14. The molecular formula is C14H22N2O4S. The van der Waals surface area contributed by atoms with Crippen molar-refractivity contribution in [2.45, 2.75) is 31.6 Å². The van der Waals surface area contributed by atoms with E-state index in [2.05, 4.69) is 4.74 Å². The lowest BCUT2D eigenvalue weighted by atomic mass is 10.2. The molecule has 0 aliphatic rings. The number of hydrogen-bond donors (Lipinski definition) is 1. The number of benzene rings is 1. The molecule has 21 heavy (non-hydrogen) atoms. The summed E-state index contributed by atoms with van der Waals surface area (Å²) in [6.07, 6.45) is 1.65. The van der Waals surface area contributed by atoms with Crippen molar-refractivity contribution < 1.29 is 17.9 Å². The van der Waals surface area contributed by atoms with Crippen molar-refractivity contribution in [3.8, 4) is 0 Å². The van der Waals surface area contributed by atoms with Gasteiger partial charge >= 0.3 is 5.97 Å². The summed E-state index contributed by atoms with van der Waals surface area (Å²) in [4.78, 5) is 11.7. The lowest BCUT2D eigenvalue weighted by molar-refractivity contribution is 0.0596. The van der Waals surface area contributed by atoms with Crippen LogP contribution in [0.1, 0.15) is 37.0 Å². The summed E-state index contributed by atoms with van der Waals surface area (Å²) < 4.78 is 31.4. The molecule has 0 heterocycles. The number of anilines is 1. The quantitative estimate of drug-likeness (QED) is 0.613. The van der Waals surface area contributed by atoms with Gasteiger partial charge in [0.15, 0.2) is 0 Å². The third kappa shape index (κ3) is 3.95. The second-order valence-electron chi connectivity index (χ2n) is 4.60. The molecule has 118 valence electrons. The van der Waals surface area contributed by atoms with Crippen molar-refractivity contribution in [1.82, 2.24) is 4.31 Å². The number of esters is 1. The minimum atomic E-state index is -3.75. The van der Waals surface area contributed by atoms with Gasteiger partial charge in [-0.3, -0.25) is 0 Å². The van der Waals surface area contributed by atoms with Crippen molar-refractivity contribution in [3.05, 3.63) is 23.8 Å². The highest BCUT2D eigenvalue weighted by Crippen LogP contribution is 2.23. The zero-order valence-corrected chi connectivity index (χ0v) is 13.4. The number of ether oxygens (including phenoxy) is 1. The van der Waals surface area contributed by atoms with Crippen molar-refractivity contribution in [3.63, 3.8) is 0 Å². The van der Waals surface area contributed by atoms with E-state index in [-0.39, 0.29) is 10.5 Å². The topological polar surface area (TPSA) is 89.7 Å². The second-order valence-corrected chi connectivity index (χ2v) is 6.50. The fourth-order valence-corrected chi connectivity index (χ4v) is 3.61.